The molecule has 84 valence electrons. The molecule has 0 heterocycles. The number of aliphatic hydroxyl groups is 3. The Morgan fingerprint density at radius 3 is 2.53 bits per heavy atom. The average molecular weight is 215 g/mol. The van der Waals surface area contributed by atoms with E-state index in [-0.39, 0.29) is 18.7 Å². The molecule has 2 unspecified atom stereocenters. The molecular formula is C10H14FNO3. The maximum atomic E-state index is 13.3. The van der Waals surface area contributed by atoms with E-state index in [0.717, 1.165) is 6.07 Å². The van der Waals surface area contributed by atoms with E-state index in [9.17, 15) is 14.6 Å². The third kappa shape index (κ3) is 2.73. The van der Waals surface area contributed by atoms with Gasteiger partial charge in [-0.3, -0.25) is 0 Å². The molecule has 0 fully saturated rings. The van der Waals surface area contributed by atoms with E-state index in [1.807, 2.05) is 0 Å². The van der Waals surface area contributed by atoms with Gasteiger partial charge in [-0.1, -0.05) is 6.07 Å². The van der Waals surface area contributed by atoms with Crippen molar-refractivity contribution in [1.82, 2.24) is 0 Å². The minimum atomic E-state index is -1.37. The number of aliphatic hydroxyl groups excluding tert-OH is 3. The molecule has 15 heavy (non-hydrogen) atoms. The second-order valence-corrected chi connectivity index (χ2v) is 3.26. The highest BCUT2D eigenvalue weighted by atomic mass is 19.1. The second-order valence-electron chi connectivity index (χ2n) is 3.26. The number of rotatable bonds is 4. The van der Waals surface area contributed by atoms with E-state index in [1.165, 1.54) is 12.1 Å². The number of nitrogens with two attached hydrogens (primary N) is 1. The SMILES string of the molecule is NCC(O)C(O)c1cc(CO)ccc1F. The Labute approximate surface area is 86.8 Å². The van der Waals surface area contributed by atoms with E-state index >= 15 is 0 Å². The molecule has 0 spiro atoms. The van der Waals surface area contributed by atoms with Crippen LogP contribution < -0.4 is 5.73 Å². The summed E-state index contributed by atoms with van der Waals surface area (Å²) >= 11 is 0. The Morgan fingerprint density at radius 2 is 2.00 bits per heavy atom. The van der Waals surface area contributed by atoms with Gasteiger partial charge < -0.3 is 21.1 Å². The summed E-state index contributed by atoms with van der Waals surface area (Å²) in [6, 6.07) is 3.84. The number of benzene rings is 1. The molecule has 0 saturated heterocycles. The van der Waals surface area contributed by atoms with Gasteiger partial charge in [0.05, 0.1) is 12.7 Å². The lowest BCUT2D eigenvalue weighted by Gasteiger charge is -2.17. The first kappa shape index (κ1) is 12.1. The summed E-state index contributed by atoms with van der Waals surface area (Å²) in [5.41, 5.74) is 5.56. The summed E-state index contributed by atoms with van der Waals surface area (Å²) in [5, 5.41) is 27.6. The molecule has 0 amide bonds. The topological polar surface area (TPSA) is 86.7 Å². The van der Waals surface area contributed by atoms with Crippen molar-refractivity contribution in [1.29, 1.82) is 0 Å². The lowest BCUT2D eigenvalue weighted by molar-refractivity contribution is 0.0221. The monoisotopic (exact) mass is 215 g/mol. The first-order valence-electron chi connectivity index (χ1n) is 4.55. The first-order valence-corrected chi connectivity index (χ1v) is 4.55. The molecule has 0 radical (unpaired) electrons. The van der Waals surface area contributed by atoms with Crippen LogP contribution in [-0.4, -0.2) is 28.0 Å². The van der Waals surface area contributed by atoms with Crippen LogP contribution >= 0.6 is 0 Å². The molecule has 1 aromatic rings. The molecular weight excluding hydrogens is 201 g/mol. The summed E-state index contributed by atoms with van der Waals surface area (Å²) in [6.07, 6.45) is -2.59. The molecule has 2 atom stereocenters. The fourth-order valence-corrected chi connectivity index (χ4v) is 1.25. The highest BCUT2D eigenvalue weighted by Gasteiger charge is 2.20. The Hall–Kier alpha value is -1.01. The van der Waals surface area contributed by atoms with Crippen molar-refractivity contribution in [2.45, 2.75) is 18.8 Å². The predicted molar refractivity (Wildman–Crippen MR) is 52.3 cm³/mol. The van der Waals surface area contributed by atoms with E-state index in [1.54, 1.807) is 0 Å². The van der Waals surface area contributed by atoms with Gasteiger partial charge in [-0.05, 0) is 17.7 Å². The zero-order valence-corrected chi connectivity index (χ0v) is 8.10. The Bertz CT molecular complexity index is 332. The minimum Gasteiger partial charge on any atom is -0.392 e. The third-order valence-corrected chi connectivity index (χ3v) is 2.17. The van der Waals surface area contributed by atoms with Gasteiger partial charge in [0.2, 0.25) is 0 Å². The fraction of sp³-hybridized carbons (Fsp3) is 0.400. The van der Waals surface area contributed by atoms with Crippen LogP contribution in [0.3, 0.4) is 0 Å². The minimum absolute atomic E-state index is 0.0560. The quantitative estimate of drug-likeness (QED) is 0.554. The van der Waals surface area contributed by atoms with Gasteiger partial charge in [0.15, 0.2) is 0 Å². The summed E-state index contributed by atoms with van der Waals surface area (Å²) in [7, 11) is 0. The standard InChI is InChI=1S/C10H14FNO3/c11-8-2-1-6(5-13)3-7(8)10(15)9(14)4-12/h1-3,9-10,13-15H,4-5,12H2. The van der Waals surface area contributed by atoms with Gasteiger partial charge in [0.1, 0.15) is 11.9 Å². The Balaban J connectivity index is 3.01. The second kappa shape index (κ2) is 5.18. The third-order valence-electron chi connectivity index (χ3n) is 2.17. The molecule has 5 heteroatoms. The van der Waals surface area contributed by atoms with E-state index in [0.29, 0.717) is 5.56 Å². The average Bonchev–Trinajstić information content (AvgIpc) is 2.27. The summed E-state index contributed by atoms with van der Waals surface area (Å²) < 4.78 is 13.3. The normalized spacial score (nSPS) is 15.0. The van der Waals surface area contributed by atoms with Crippen LogP contribution in [0.25, 0.3) is 0 Å². The maximum absolute atomic E-state index is 13.3. The molecule has 0 bridgehead atoms. The highest BCUT2D eigenvalue weighted by molar-refractivity contribution is 5.27. The van der Waals surface area contributed by atoms with E-state index in [4.69, 9.17) is 10.8 Å². The lowest BCUT2D eigenvalue weighted by Crippen LogP contribution is -2.27. The lowest BCUT2D eigenvalue weighted by atomic mass is 10.0. The predicted octanol–water partition coefficient (Wildman–Crippen LogP) is -0.329. The molecule has 0 aromatic heterocycles. The van der Waals surface area contributed by atoms with Crippen molar-refractivity contribution in [2.24, 2.45) is 5.73 Å². The molecule has 0 saturated carbocycles. The highest BCUT2D eigenvalue weighted by Crippen LogP contribution is 2.21. The van der Waals surface area contributed by atoms with Crippen LogP contribution in [0, 0.1) is 5.82 Å². The van der Waals surface area contributed by atoms with Crippen LogP contribution in [-0.2, 0) is 6.61 Å². The molecule has 1 aromatic carbocycles. The molecule has 0 aliphatic carbocycles. The molecule has 5 N–H and O–H groups in total. The van der Waals surface area contributed by atoms with Gasteiger partial charge in [0.25, 0.3) is 0 Å². The van der Waals surface area contributed by atoms with Crippen LogP contribution in [0.5, 0.6) is 0 Å². The van der Waals surface area contributed by atoms with Crippen molar-refractivity contribution in [3.05, 3.63) is 35.1 Å². The summed E-state index contributed by atoms with van der Waals surface area (Å²) in [6.45, 7) is -0.414. The van der Waals surface area contributed by atoms with Crippen molar-refractivity contribution in [2.75, 3.05) is 6.54 Å². The fourth-order valence-electron chi connectivity index (χ4n) is 1.25. The molecule has 4 nitrogen and oxygen atoms in total. The molecule has 0 aliphatic heterocycles. The van der Waals surface area contributed by atoms with Gasteiger partial charge in [0, 0.05) is 12.1 Å². The zero-order chi connectivity index (χ0) is 11.4. The molecule has 0 aliphatic rings. The number of hydrogen-bond acceptors (Lipinski definition) is 4. The van der Waals surface area contributed by atoms with Crippen LogP contribution in [0.4, 0.5) is 4.39 Å². The smallest absolute Gasteiger partial charge is 0.129 e. The number of halogens is 1. The van der Waals surface area contributed by atoms with Crippen LogP contribution in [0.2, 0.25) is 0 Å². The van der Waals surface area contributed by atoms with E-state index < -0.39 is 18.0 Å². The Morgan fingerprint density at radius 1 is 1.33 bits per heavy atom. The largest absolute Gasteiger partial charge is 0.392 e. The van der Waals surface area contributed by atoms with E-state index in [2.05, 4.69) is 0 Å². The van der Waals surface area contributed by atoms with Gasteiger partial charge in [-0.25, -0.2) is 4.39 Å². The van der Waals surface area contributed by atoms with Gasteiger partial charge in [-0.2, -0.15) is 0 Å². The van der Waals surface area contributed by atoms with Crippen LogP contribution in [0.1, 0.15) is 17.2 Å². The van der Waals surface area contributed by atoms with Gasteiger partial charge >= 0.3 is 0 Å². The van der Waals surface area contributed by atoms with Crippen molar-refractivity contribution in [3.63, 3.8) is 0 Å². The Kier molecular flexibility index (Phi) is 4.16. The molecule has 1 rings (SSSR count). The van der Waals surface area contributed by atoms with Gasteiger partial charge in [-0.15, -0.1) is 0 Å². The van der Waals surface area contributed by atoms with Crippen molar-refractivity contribution in [3.8, 4) is 0 Å². The summed E-state index contributed by atoms with van der Waals surface area (Å²) in [5.74, 6) is -0.632. The first-order chi connectivity index (χ1) is 7.10. The number of hydrogen-bond donors (Lipinski definition) is 4. The maximum Gasteiger partial charge on any atom is 0.129 e. The summed E-state index contributed by atoms with van der Waals surface area (Å²) in [4.78, 5) is 0. The van der Waals surface area contributed by atoms with Crippen molar-refractivity contribution >= 4 is 0 Å². The van der Waals surface area contributed by atoms with Crippen LogP contribution in [0.15, 0.2) is 18.2 Å². The zero-order valence-electron chi connectivity index (χ0n) is 8.10. The van der Waals surface area contributed by atoms with Crippen molar-refractivity contribution < 1.29 is 19.7 Å².